The average molecular weight is 566 g/mol. The van der Waals surface area contributed by atoms with E-state index in [0.29, 0.717) is 33.0 Å². The molecule has 0 aliphatic carbocycles. The van der Waals surface area contributed by atoms with Crippen molar-refractivity contribution in [2.24, 2.45) is 0 Å². The molecule has 0 amide bonds. The third-order valence-corrected chi connectivity index (χ3v) is 7.74. The fraction of sp³-hybridized carbons (Fsp3) is 0.351. The van der Waals surface area contributed by atoms with Gasteiger partial charge in [-0.1, -0.05) is 128 Å². The maximum atomic E-state index is 6.82. The van der Waals surface area contributed by atoms with Gasteiger partial charge in [-0.05, 0) is 35.2 Å². The number of ether oxygens (including phenoxy) is 4. The molecule has 1 saturated heterocycles. The molecule has 1 aliphatic rings. The zero-order chi connectivity index (χ0) is 28.8. The molecule has 4 atom stereocenters. The van der Waals surface area contributed by atoms with Crippen molar-refractivity contribution < 1.29 is 18.9 Å². The smallest absolute Gasteiger partial charge is 0.113 e. The van der Waals surface area contributed by atoms with E-state index in [1.54, 1.807) is 0 Å². The van der Waals surface area contributed by atoms with E-state index in [1.807, 2.05) is 24.3 Å². The van der Waals surface area contributed by atoms with Crippen LogP contribution in [0, 0.1) is 0 Å². The van der Waals surface area contributed by atoms with Crippen LogP contribution in [-0.4, -0.2) is 49.0 Å². The van der Waals surface area contributed by atoms with E-state index in [0.717, 1.165) is 41.8 Å². The first-order valence-electron chi connectivity index (χ1n) is 15.1. The fourth-order valence-electron chi connectivity index (χ4n) is 5.59. The van der Waals surface area contributed by atoms with E-state index in [9.17, 15) is 0 Å². The van der Waals surface area contributed by atoms with Crippen LogP contribution in [0.15, 0.2) is 121 Å². The lowest BCUT2D eigenvalue weighted by Gasteiger charge is -2.48. The van der Waals surface area contributed by atoms with Crippen molar-refractivity contribution in [3.63, 3.8) is 0 Å². The number of benzene rings is 4. The Bertz CT molecular complexity index is 1270. The van der Waals surface area contributed by atoms with E-state index in [-0.39, 0.29) is 24.4 Å². The van der Waals surface area contributed by atoms with Gasteiger partial charge in [-0.25, -0.2) is 0 Å². The van der Waals surface area contributed by atoms with Crippen LogP contribution in [0.4, 0.5) is 0 Å². The summed E-state index contributed by atoms with van der Waals surface area (Å²) in [5.74, 6) is 0. The molecule has 1 aliphatic heterocycles. The molecule has 0 aromatic heterocycles. The Hall–Kier alpha value is -3.32. The molecule has 1 unspecified atom stereocenters. The molecule has 4 aromatic carbocycles. The molecule has 0 saturated carbocycles. The maximum absolute atomic E-state index is 6.82. The van der Waals surface area contributed by atoms with E-state index < -0.39 is 0 Å². The summed E-state index contributed by atoms with van der Waals surface area (Å²) in [6.07, 6.45) is 0.357. The number of likely N-dealkylation sites (tertiary alicyclic amines) is 1. The van der Waals surface area contributed by atoms with Crippen LogP contribution in [0.5, 0.6) is 0 Å². The minimum atomic E-state index is -0.268. The van der Waals surface area contributed by atoms with Gasteiger partial charge in [0, 0.05) is 6.54 Å². The van der Waals surface area contributed by atoms with Crippen molar-refractivity contribution in [1.82, 2.24) is 4.90 Å². The van der Waals surface area contributed by atoms with E-state index in [4.69, 9.17) is 18.9 Å². The van der Waals surface area contributed by atoms with Crippen molar-refractivity contribution in [2.75, 3.05) is 19.7 Å². The Morgan fingerprint density at radius 1 is 0.548 bits per heavy atom. The van der Waals surface area contributed by atoms with Gasteiger partial charge >= 0.3 is 0 Å². The van der Waals surface area contributed by atoms with Gasteiger partial charge in [0.05, 0.1) is 45.2 Å². The van der Waals surface area contributed by atoms with Crippen LogP contribution in [-0.2, 0) is 45.4 Å². The summed E-state index contributed by atoms with van der Waals surface area (Å²) in [4.78, 5) is 2.48. The second-order valence-corrected chi connectivity index (χ2v) is 10.9. The van der Waals surface area contributed by atoms with Crippen molar-refractivity contribution in [3.05, 3.63) is 144 Å². The summed E-state index contributed by atoms with van der Waals surface area (Å²) in [7, 11) is 0. The first-order chi connectivity index (χ1) is 20.8. The summed E-state index contributed by atoms with van der Waals surface area (Å²) in [5.41, 5.74) is 4.58. The normalized spacial score (nSPS) is 20.9. The number of nitrogens with zero attached hydrogens (tertiary/aromatic N) is 1. The Morgan fingerprint density at radius 2 is 0.976 bits per heavy atom. The number of hydrogen-bond donors (Lipinski definition) is 0. The summed E-state index contributed by atoms with van der Waals surface area (Å²) in [6, 6.07) is 41.4. The number of piperidine rings is 1. The van der Waals surface area contributed by atoms with Gasteiger partial charge in [0.25, 0.3) is 0 Å². The van der Waals surface area contributed by atoms with Crippen LogP contribution in [0.25, 0.3) is 0 Å². The summed E-state index contributed by atoms with van der Waals surface area (Å²) in [6.45, 7) is 6.53. The lowest BCUT2D eigenvalue weighted by molar-refractivity contribution is -0.210. The highest BCUT2D eigenvalue weighted by Gasteiger charge is 2.45. The molecule has 5 rings (SSSR count). The molecule has 0 bridgehead atoms. The van der Waals surface area contributed by atoms with E-state index in [1.165, 1.54) is 0 Å². The molecule has 5 nitrogen and oxygen atoms in total. The van der Waals surface area contributed by atoms with Crippen LogP contribution < -0.4 is 0 Å². The number of rotatable bonds is 15. The molecule has 4 aromatic rings. The van der Waals surface area contributed by atoms with Gasteiger partial charge in [0.1, 0.15) is 12.2 Å². The fourth-order valence-corrected chi connectivity index (χ4v) is 5.59. The Kier molecular flexibility index (Phi) is 11.7. The molecular formula is C37H43NO4. The van der Waals surface area contributed by atoms with Gasteiger partial charge in [0.2, 0.25) is 0 Å². The highest BCUT2D eigenvalue weighted by molar-refractivity contribution is 5.16. The highest BCUT2D eigenvalue weighted by atomic mass is 16.6. The van der Waals surface area contributed by atoms with Crippen LogP contribution in [0.2, 0.25) is 0 Å². The predicted molar refractivity (Wildman–Crippen MR) is 167 cm³/mol. The van der Waals surface area contributed by atoms with Crippen molar-refractivity contribution >= 4 is 0 Å². The molecule has 1 fully saturated rings. The summed E-state index contributed by atoms with van der Waals surface area (Å²) >= 11 is 0. The van der Waals surface area contributed by atoms with Crippen molar-refractivity contribution in [3.8, 4) is 0 Å². The molecule has 5 heteroatoms. The topological polar surface area (TPSA) is 40.2 Å². The maximum Gasteiger partial charge on any atom is 0.113 e. The van der Waals surface area contributed by atoms with Crippen LogP contribution >= 0.6 is 0 Å². The minimum Gasteiger partial charge on any atom is -0.375 e. The van der Waals surface area contributed by atoms with Crippen molar-refractivity contribution in [1.29, 1.82) is 0 Å². The quantitative estimate of drug-likeness (QED) is 0.154. The van der Waals surface area contributed by atoms with E-state index >= 15 is 0 Å². The monoisotopic (exact) mass is 565 g/mol. The van der Waals surface area contributed by atoms with Gasteiger partial charge in [-0.2, -0.15) is 0 Å². The van der Waals surface area contributed by atoms with Gasteiger partial charge in [-0.15, -0.1) is 0 Å². The van der Waals surface area contributed by atoms with Gasteiger partial charge in [-0.3, -0.25) is 4.90 Å². The molecule has 42 heavy (non-hydrogen) atoms. The Labute approximate surface area is 251 Å². The van der Waals surface area contributed by atoms with Gasteiger partial charge in [0.15, 0.2) is 0 Å². The predicted octanol–water partition coefficient (Wildman–Crippen LogP) is 7.05. The lowest BCUT2D eigenvalue weighted by atomic mass is 9.92. The molecule has 1 heterocycles. The van der Waals surface area contributed by atoms with Crippen molar-refractivity contribution in [2.45, 2.75) is 64.1 Å². The first kappa shape index (κ1) is 30.1. The molecule has 0 radical (unpaired) electrons. The van der Waals surface area contributed by atoms with E-state index in [2.05, 4.69) is 109 Å². The summed E-state index contributed by atoms with van der Waals surface area (Å²) < 4.78 is 26.6. The highest BCUT2D eigenvalue weighted by Crippen LogP contribution is 2.29. The zero-order valence-corrected chi connectivity index (χ0v) is 24.6. The lowest BCUT2D eigenvalue weighted by Crippen LogP contribution is -2.64. The zero-order valence-electron chi connectivity index (χ0n) is 24.6. The number of hydrogen-bond acceptors (Lipinski definition) is 5. The largest absolute Gasteiger partial charge is 0.375 e. The first-order valence-corrected chi connectivity index (χ1v) is 15.1. The third-order valence-electron chi connectivity index (χ3n) is 7.74. The Morgan fingerprint density at radius 3 is 1.45 bits per heavy atom. The minimum absolute atomic E-state index is 0.0229. The Balaban J connectivity index is 1.40. The van der Waals surface area contributed by atoms with Crippen LogP contribution in [0.3, 0.4) is 0 Å². The second kappa shape index (κ2) is 16.4. The SMILES string of the molecule is CCCN1C[C@@H](OCc2ccccc2)[C@@H](OCc2ccccc2)[C@H](OCc2ccccc2)C1COCc1ccccc1. The molecular weight excluding hydrogens is 522 g/mol. The standard InChI is InChI=1S/C37H43NO4/c1-2-23-38-24-35(40-26-31-17-9-4-10-18-31)37(42-28-33-21-13-6-14-22-33)36(41-27-32-19-11-5-12-20-32)34(38)29-39-25-30-15-7-3-8-16-30/h3-22,34-37H,2,23-29H2,1H3/t34?,35-,36-,37-/m1/s1. The molecule has 220 valence electrons. The van der Waals surface area contributed by atoms with Gasteiger partial charge < -0.3 is 18.9 Å². The van der Waals surface area contributed by atoms with Crippen LogP contribution in [0.1, 0.15) is 35.6 Å². The molecule has 0 N–H and O–H groups in total. The third kappa shape index (κ3) is 8.84. The second-order valence-electron chi connectivity index (χ2n) is 10.9. The molecule has 0 spiro atoms. The summed E-state index contributed by atoms with van der Waals surface area (Å²) in [5, 5.41) is 0. The average Bonchev–Trinajstić information content (AvgIpc) is 3.05.